The number of nitrogens with zero attached hydrogens (tertiary/aromatic N) is 3. The molecule has 1 aromatic heterocycles. The molecule has 0 amide bonds. The standard InChI is InChI=1S/C21H23N3O4/c1-25-17-7-5-4-6-16(17)21-23-22-20(28-21)13-24-9-8-14-10-18(26-2)19(27-3)11-15(14)12-24/h4-7,10-11H,8-9,12-13H2,1-3H3. The van der Waals surface area contributed by atoms with Crippen molar-refractivity contribution >= 4 is 0 Å². The van der Waals surface area contributed by atoms with Crippen molar-refractivity contribution in [2.75, 3.05) is 27.9 Å². The summed E-state index contributed by atoms with van der Waals surface area (Å²) in [6, 6.07) is 11.7. The molecule has 0 saturated heterocycles. The van der Waals surface area contributed by atoms with E-state index in [9.17, 15) is 0 Å². The van der Waals surface area contributed by atoms with E-state index in [1.807, 2.05) is 24.3 Å². The van der Waals surface area contributed by atoms with Gasteiger partial charge in [-0.25, -0.2) is 0 Å². The number of hydrogen-bond acceptors (Lipinski definition) is 7. The highest BCUT2D eigenvalue weighted by Crippen LogP contribution is 2.34. The molecular weight excluding hydrogens is 358 g/mol. The van der Waals surface area contributed by atoms with Crippen LogP contribution in [0.5, 0.6) is 17.2 Å². The quantitative estimate of drug-likeness (QED) is 0.649. The maximum Gasteiger partial charge on any atom is 0.251 e. The predicted octanol–water partition coefficient (Wildman–Crippen LogP) is 3.32. The number of ether oxygens (including phenoxy) is 3. The molecule has 0 N–H and O–H groups in total. The molecule has 146 valence electrons. The summed E-state index contributed by atoms with van der Waals surface area (Å²) in [5.74, 6) is 3.29. The van der Waals surface area contributed by atoms with Crippen molar-refractivity contribution in [2.45, 2.75) is 19.5 Å². The molecule has 28 heavy (non-hydrogen) atoms. The van der Waals surface area contributed by atoms with Gasteiger partial charge in [-0.3, -0.25) is 4.90 Å². The Morgan fingerprint density at radius 3 is 2.39 bits per heavy atom. The first-order valence-electron chi connectivity index (χ1n) is 9.13. The maximum atomic E-state index is 5.90. The molecule has 2 aromatic carbocycles. The highest BCUT2D eigenvalue weighted by Gasteiger charge is 2.22. The lowest BCUT2D eigenvalue weighted by Gasteiger charge is -2.28. The van der Waals surface area contributed by atoms with Gasteiger partial charge >= 0.3 is 0 Å². The third-order valence-electron chi connectivity index (χ3n) is 4.96. The second kappa shape index (κ2) is 7.90. The summed E-state index contributed by atoms with van der Waals surface area (Å²) in [5.41, 5.74) is 3.31. The van der Waals surface area contributed by atoms with E-state index >= 15 is 0 Å². The van der Waals surface area contributed by atoms with Gasteiger partial charge < -0.3 is 18.6 Å². The number of rotatable bonds is 6. The number of benzene rings is 2. The van der Waals surface area contributed by atoms with Crippen LogP contribution < -0.4 is 14.2 Å². The fourth-order valence-corrected chi connectivity index (χ4v) is 3.52. The van der Waals surface area contributed by atoms with Gasteiger partial charge in [-0.15, -0.1) is 10.2 Å². The summed E-state index contributed by atoms with van der Waals surface area (Å²) in [4.78, 5) is 2.29. The van der Waals surface area contributed by atoms with Gasteiger partial charge in [0.15, 0.2) is 11.5 Å². The minimum Gasteiger partial charge on any atom is -0.496 e. The van der Waals surface area contributed by atoms with E-state index in [-0.39, 0.29) is 0 Å². The van der Waals surface area contributed by atoms with E-state index < -0.39 is 0 Å². The van der Waals surface area contributed by atoms with Crippen LogP contribution in [-0.2, 0) is 19.5 Å². The van der Waals surface area contributed by atoms with E-state index in [0.29, 0.717) is 24.1 Å². The molecule has 1 aliphatic heterocycles. The number of fused-ring (bicyclic) bond motifs is 1. The van der Waals surface area contributed by atoms with Gasteiger partial charge in [0.05, 0.1) is 33.4 Å². The normalized spacial score (nSPS) is 13.8. The van der Waals surface area contributed by atoms with E-state index in [4.69, 9.17) is 18.6 Å². The first kappa shape index (κ1) is 18.3. The Morgan fingerprint density at radius 1 is 0.929 bits per heavy atom. The Balaban J connectivity index is 1.50. The van der Waals surface area contributed by atoms with Crippen molar-refractivity contribution in [1.82, 2.24) is 15.1 Å². The van der Waals surface area contributed by atoms with Gasteiger partial charge in [0.25, 0.3) is 5.89 Å². The van der Waals surface area contributed by atoms with Gasteiger partial charge in [-0.2, -0.15) is 0 Å². The molecule has 0 spiro atoms. The summed E-state index contributed by atoms with van der Waals surface area (Å²) in [5, 5.41) is 8.42. The lowest BCUT2D eigenvalue weighted by molar-refractivity contribution is 0.221. The first-order chi connectivity index (χ1) is 13.7. The second-order valence-electron chi connectivity index (χ2n) is 6.64. The van der Waals surface area contributed by atoms with Gasteiger partial charge in [-0.05, 0) is 41.8 Å². The summed E-state index contributed by atoms with van der Waals surface area (Å²) >= 11 is 0. The van der Waals surface area contributed by atoms with Crippen molar-refractivity contribution in [2.24, 2.45) is 0 Å². The third-order valence-corrected chi connectivity index (χ3v) is 4.96. The Labute approximate surface area is 163 Å². The van der Waals surface area contributed by atoms with Crippen LogP contribution in [0.2, 0.25) is 0 Å². The van der Waals surface area contributed by atoms with Crippen LogP contribution >= 0.6 is 0 Å². The zero-order chi connectivity index (χ0) is 19.5. The average molecular weight is 381 g/mol. The highest BCUT2D eigenvalue weighted by atomic mass is 16.5. The minimum atomic E-state index is 0.469. The van der Waals surface area contributed by atoms with E-state index in [2.05, 4.69) is 27.2 Å². The fourth-order valence-electron chi connectivity index (χ4n) is 3.52. The molecule has 7 heteroatoms. The molecule has 0 unspecified atom stereocenters. The molecule has 0 fully saturated rings. The number of para-hydroxylation sites is 1. The van der Waals surface area contributed by atoms with Crippen LogP contribution in [0, 0.1) is 0 Å². The van der Waals surface area contributed by atoms with E-state index in [1.165, 1.54) is 11.1 Å². The Bertz CT molecular complexity index is 970. The fraction of sp³-hybridized carbons (Fsp3) is 0.333. The number of aromatic nitrogens is 2. The van der Waals surface area contributed by atoms with Gasteiger partial charge in [0.2, 0.25) is 5.89 Å². The molecule has 3 aromatic rings. The Hall–Kier alpha value is -3.06. The zero-order valence-corrected chi connectivity index (χ0v) is 16.3. The minimum absolute atomic E-state index is 0.469. The van der Waals surface area contributed by atoms with Crippen LogP contribution in [0.15, 0.2) is 40.8 Å². The van der Waals surface area contributed by atoms with E-state index in [1.54, 1.807) is 21.3 Å². The molecule has 1 aliphatic rings. The van der Waals surface area contributed by atoms with Crippen molar-refractivity contribution in [3.05, 3.63) is 53.4 Å². The van der Waals surface area contributed by atoms with Crippen LogP contribution in [0.4, 0.5) is 0 Å². The SMILES string of the molecule is COc1cc2c(cc1OC)CN(Cc1nnc(-c3ccccc3OC)o1)CC2. The van der Waals surface area contributed by atoms with Crippen molar-refractivity contribution in [3.63, 3.8) is 0 Å². The molecule has 0 atom stereocenters. The number of methoxy groups -OCH3 is 3. The summed E-state index contributed by atoms with van der Waals surface area (Å²) in [6.07, 6.45) is 0.934. The summed E-state index contributed by atoms with van der Waals surface area (Å²) < 4.78 is 22.1. The van der Waals surface area contributed by atoms with Crippen LogP contribution in [0.3, 0.4) is 0 Å². The summed E-state index contributed by atoms with van der Waals surface area (Å²) in [6.45, 7) is 2.30. The molecule has 2 heterocycles. The summed E-state index contributed by atoms with van der Waals surface area (Å²) in [7, 11) is 4.95. The van der Waals surface area contributed by atoms with Gasteiger partial charge in [0, 0.05) is 13.1 Å². The van der Waals surface area contributed by atoms with E-state index in [0.717, 1.165) is 36.6 Å². The van der Waals surface area contributed by atoms with Gasteiger partial charge in [-0.1, -0.05) is 12.1 Å². The third kappa shape index (κ3) is 3.53. The van der Waals surface area contributed by atoms with Crippen LogP contribution in [0.1, 0.15) is 17.0 Å². The number of hydrogen-bond donors (Lipinski definition) is 0. The molecule has 0 radical (unpaired) electrons. The smallest absolute Gasteiger partial charge is 0.251 e. The highest BCUT2D eigenvalue weighted by molar-refractivity contribution is 5.62. The monoisotopic (exact) mass is 381 g/mol. The molecule has 0 aliphatic carbocycles. The molecule has 7 nitrogen and oxygen atoms in total. The lowest BCUT2D eigenvalue weighted by atomic mass is 9.99. The van der Waals surface area contributed by atoms with Crippen molar-refractivity contribution in [3.8, 4) is 28.7 Å². The van der Waals surface area contributed by atoms with Crippen molar-refractivity contribution < 1.29 is 18.6 Å². The Morgan fingerprint density at radius 2 is 1.64 bits per heavy atom. The first-order valence-corrected chi connectivity index (χ1v) is 9.13. The maximum absolute atomic E-state index is 5.90. The predicted molar refractivity (Wildman–Crippen MR) is 104 cm³/mol. The largest absolute Gasteiger partial charge is 0.496 e. The van der Waals surface area contributed by atoms with Crippen molar-refractivity contribution in [1.29, 1.82) is 0 Å². The second-order valence-corrected chi connectivity index (χ2v) is 6.64. The molecule has 0 bridgehead atoms. The topological polar surface area (TPSA) is 69.9 Å². The lowest BCUT2D eigenvalue weighted by Crippen LogP contribution is -2.30. The zero-order valence-electron chi connectivity index (χ0n) is 16.3. The Kier molecular flexibility index (Phi) is 5.16. The molecule has 4 rings (SSSR count). The van der Waals surface area contributed by atoms with Crippen LogP contribution in [-0.4, -0.2) is 43.0 Å². The van der Waals surface area contributed by atoms with Gasteiger partial charge in [0.1, 0.15) is 5.75 Å². The molecular formula is C21H23N3O4. The van der Waals surface area contributed by atoms with Crippen LogP contribution in [0.25, 0.3) is 11.5 Å². The molecule has 0 saturated carbocycles. The average Bonchev–Trinajstić information content (AvgIpc) is 3.20.